The van der Waals surface area contributed by atoms with Crippen LogP contribution in [-0.4, -0.2) is 28.7 Å². The fourth-order valence-corrected chi connectivity index (χ4v) is 12.2. The average Bonchev–Trinajstić information content (AvgIpc) is 4.41. The van der Waals surface area contributed by atoms with Gasteiger partial charge in [0.15, 0.2) is 11.6 Å². The van der Waals surface area contributed by atoms with E-state index in [4.69, 9.17) is 19.4 Å². The lowest BCUT2D eigenvalue weighted by molar-refractivity contribution is 0.673. The zero-order valence-electron chi connectivity index (χ0n) is 41.1. The van der Waals surface area contributed by atoms with E-state index in [2.05, 4.69) is 250 Å². The number of furan rings is 1. The Hall–Kier alpha value is -10.1. The van der Waals surface area contributed by atoms with Crippen LogP contribution in [0.4, 0.5) is 0 Å². The molecule has 5 heterocycles. The van der Waals surface area contributed by atoms with Crippen LogP contribution in [0.15, 0.2) is 241 Å². The van der Waals surface area contributed by atoms with Crippen LogP contribution in [0.25, 0.3) is 145 Å². The number of hydrogen-bond donors (Lipinski definition) is 0. The molecule has 0 spiro atoms. The van der Waals surface area contributed by atoms with E-state index in [9.17, 15) is 0 Å². The number of benzene rings is 10. The van der Waals surface area contributed by atoms with E-state index in [1.165, 1.54) is 16.6 Å². The molecule has 0 fully saturated rings. The smallest absolute Gasteiger partial charge is 0.238 e. The molecule has 1 aliphatic carbocycles. The molecule has 0 saturated heterocycles. The second-order valence-corrected chi connectivity index (χ2v) is 19.8. The summed E-state index contributed by atoms with van der Waals surface area (Å²) in [4.78, 5) is 16.9. The quantitative estimate of drug-likeness (QED) is 0.160. The van der Waals surface area contributed by atoms with Crippen molar-refractivity contribution in [3.63, 3.8) is 0 Å². The van der Waals surface area contributed by atoms with Gasteiger partial charge in [0.05, 0.1) is 44.3 Å². The molecule has 1 aliphatic rings. The first-order valence-electron chi connectivity index (χ1n) is 26.0. The molecule has 0 bridgehead atoms. The molecule has 0 N–H and O–H groups in total. The van der Waals surface area contributed by atoms with Gasteiger partial charge in [-0.05, 0) is 114 Å². The second kappa shape index (κ2) is 16.7. The van der Waals surface area contributed by atoms with Gasteiger partial charge in [0.1, 0.15) is 11.2 Å². The number of aromatic nitrogens is 6. The number of para-hydroxylation sites is 5. The van der Waals surface area contributed by atoms with Gasteiger partial charge >= 0.3 is 0 Å². The summed E-state index contributed by atoms with van der Waals surface area (Å²) >= 11 is 0. The Morgan fingerprint density at radius 3 is 1.57 bits per heavy atom. The maximum Gasteiger partial charge on any atom is 0.238 e. The summed E-state index contributed by atoms with van der Waals surface area (Å²) in [5, 5.41) is 7.82. The first-order valence-corrected chi connectivity index (χ1v) is 26.0. The number of hydrogen-bond acceptors (Lipinski definition) is 4. The van der Waals surface area contributed by atoms with Crippen LogP contribution < -0.4 is 0 Å². The van der Waals surface area contributed by atoms with Crippen LogP contribution in [-0.2, 0) is 6.42 Å². The van der Waals surface area contributed by atoms with Gasteiger partial charge in [-0.1, -0.05) is 164 Å². The zero-order valence-corrected chi connectivity index (χ0v) is 41.1. The van der Waals surface area contributed by atoms with Gasteiger partial charge in [-0.25, -0.2) is 4.98 Å². The minimum atomic E-state index is 0.526. The summed E-state index contributed by atoms with van der Waals surface area (Å²) in [5.74, 6) is 1.66. The van der Waals surface area contributed by atoms with Crippen LogP contribution >= 0.6 is 0 Å². The van der Waals surface area contributed by atoms with E-state index in [0.717, 1.165) is 129 Å². The highest BCUT2D eigenvalue weighted by atomic mass is 16.3. The summed E-state index contributed by atoms with van der Waals surface area (Å²) in [7, 11) is 0. The molecule has 0 aliphatic heterocycles. The molecule has 10 aromatic carbocycles. The van der Waals surface area contributed by atoms with E-state index in [0.29, 0.717) is 17.6 Å². The highest BCUT2D eigenvalue weighted by Gasteiger charge is 2.26. The topological polar surface area (TPSA) is 66.6 Å². The molecule has 76 heavy (non-hydrogen) atoms. The maximum absolute atomic E-state index is 6.74. The summed E-state index contributed by atoms with van der Waals surface area (Å²) < 4.78 is 13.8. The molecule has 0 saturated carbocycles. The van der Waals surface area contributed by atoms with Crippen molar-refractivity contribution in [3.8, 4) is 62.4 Å². The lowest BCUT2D eigenvalue weighted by Gasteiger charge is -2.18. The number of rotatable bonds is 7. The molecular weight excluding hydrogens is 929 g/mol. The number of nitrogens with zero attached hydrogens (tertiary/aromatic N) is 6. The van der Waals surface area contributed by atoms with Gasteiger partial charge in [0, 0.05) is 54.7 Å². The zero-order chi connectivity index (χ0) is 49.8. The summed E-state index contributed by atoms with van der Waals surface area (Å²) in [6, 6.07) is 82.0. The van der Waals surface area contributed by atoms with E-state index < -0.39 is 0 Å². The molecule has 0 radical (unpaired) electrons. The minimum Gasteiger partial charge on any atom is -0.455 e. The Kier molecular flexibility index (Phi) is 9.32. The SMILES string of the molecule is C1=Cc2c(n(-c3ccccc3-c3nc(-c4ccccc4-n4c5ccccc5c5c6oc7ccccc7c6ccc54)nc(-n4c5ccc(-c6ccccc6)cc5c5cc(-c6ccccc6)ccc54)n3)c3ccccc23)CC1. The third-order valence-corrected chi connectivity index (χ3v) is 15.6. The fraction of sp³-hybridized carbons (Fsp3) is 0.0290. The van der Waals surface area contributed by atoms with Gasteiger partial charge < -0.3 is 13.6 Å². The highest BCUT2D eigenvalue weighted by molar-refractivity contribution is 6.24. The van der Waals surface area contributed by atoms with E-state index >= 15 is 0 Å². The van der Waals surface area contributed by atoms with Crippen LogP contribution in [0.3, 0.4) is 0 Å². The Labute approximate surface area is 436 Å². The van der Waals surface area contributed by atoms with Crippen LogP contribution in [0.5, 0.6) is 0 Å². The molecule has 15 aromatic rings. The predicted molar refractivity (Wildman–Crippen MR) is 312 cm³/mol. The van der Waals surface area contributed by atoms with Gasteiger partial charge in [0.2, 0.25) is 5.95 Å². The third kappa shape index (κ3) is 6.39. The molecular formula is C69H44N6O. The monoisotopic (exact) mass is 972 g/mol. The van der Waals surface area contributed by atoms with Gasteiger partial charge in [0.25, 0.3) is 0 Å². The van der Waals surface area contributed by atoms with Crippen molar-refractivity contribution in [1.29, 1.82) is 0 Å². The van der Waals surface area contributed by atoms with E-state index in [-0.39, 0.29) is 0 Å². The van der Waals surface area contributed by atoms with Crippen molar-refractivity contribution in [2.45, 2.75) is 12.8 Å². The van der Waals surface area contributed by atoms with Gasteiger partial charge in [-0.3, -0.25) is 4.57 Å². The van der Waals surface area contributed by atoms with Crippen molar-refractivity contribution >= 4 is 82.5 Å². The van der Waals surface area contributed by atoms with Gasteiger partial charge in [-0.15, -0.1) is 0 Å². The third-order valence-electron chi connectivity index (χ3n) is 15.6. The number of fused-ring (bicyclic) bond motifs is 13. The molecule has 0 amide bonds. The van der Waals surface area contributed by atoms with Crippen LogP contribution in [0.2, 0.25) is 0 Å². The van der Waals surface area contributed by atoms with Crippen LogP contribution in [0, 0.1) is 0 Å². The predicted octanol–water partition coefficient (Wildman–Crippen LogP) is 17.5. The lowest BCUT2D eigenvalue weighted by atomic mass is 10.0. The lowest BCUT2D eigenvalue weighted by Crippen LogP contribution is -2.09. The van der Waals surface area contributed by atoms with Crippen molar-refractivity contribution < 1.29 is 4.42 Å². The Morgan fingerprint density at radius 1 is 0.368 bits per heavy atom. The Morgan fingerprint density at radius 2 is 0.895 bits per heavy atom. The van der Waals surface area contributed by atoms with E-state index in [1.807, 2.05) is 6.07 Å². The highest BCUT2D eigenvalue weighted by Crippen LogP contribution is 2.44. The molecule has 7 nitrogen and oxygen atoms in total. The van der Waals surface area contributed by atoms with Crippen molar-refractivity contribution in [1.82, 2.24) is 28.7 Å². The van der Waals surface area contributed by atoms with Crippen molar-refractivity contribution in [2.75, 3.05) is 0 Å². The average molecular weight is 973 g/mol. The largest absolute Gasteiger partial charge is 0.455 e. The molecule has 5 aromatic heterocycles. The minimum absolute atomic E-state index is 0.526. The summed E-state index contributed by atoms with van der Waals surface area (Å²) in [5.41, 5.74) is 17.9. The fourth-order valence-electron chi connectivity index (χ4n) is 12.2. The Bertz CT molecular complexity index is 4780. The second-order valence-electron chi connectivity index (χ2n) is 19.8. The first-order chi connectivity index (χ1) is 37.7. The molecule has 356 valence electrons. The van der Waals surface area contributed by atoms with E-state index in [1.54, 1.807) is 0 Å². The van der Waals surface area contributed by atoms with Crippen molar-refractivity contribution in [3.05, 3.63) is 248 Å². The number of allylic oxidation sites excluding steroid dienone is 1. The van der Waals surface area contributed by atoms with Crippen LogP contribution in [0.1, 0.15) is 17.7 Å². The maximum atomic E-state index is 6.74. The summed E-state index contributed by atoms with van der Waals surface area (Å²) in [6.07, 6.45) is 6.48. The molecule has 0 atom stereocenters. The standard InChI is InChI=1S/C69H44N6O/c1-3-19-43(20-4-1)45-35-38-61-54(41-45)55-42-46(44-21-5-2-6-22-44)36-39-62(55)75(61)69-71-67(52-27-10-16-32-59(52)73-56-29-13-7-23-47(56)48-24-8-14-30-57(48)73)70-68(72-69)53-28-11-17-33-60(53)74-58-31-15-9-26-51(58)65-63(74)40-37-50-49-25-12-18-34-64(49)76-66(50)65/h1-13,15-29,31-42H,14,30H2. The summed E-state index contributed by atoms with van der Waals surface area (Å²) in [6.45, 7) is 0. The Balaban J connectivity index is 0.988. The molecule has 16 rings (SSSR count). The van der Waals surface area contributed by atoms with Gasteiger partial charge in [-0.2, -0.15) is 9.97 Å². The van der Waals surface area contributed by atoms with Crippen molar-refractivity contribution in [2.24, 2.45) is 0 Å². The first kappa shape index (κ1) is 42.4. The molecule has 0 unspecified atom stereocenters. The normalized spacial score (nSPS) is 12.6. The molecule has 7 heteroatoms.